The number of nitrogens with zero attached hydrogens (tertiary/aromatic N) is 2. The molecule has 1 rings (SSSR count). The predicted molar refractivity (Wildman–Crippen MR) is 99.2 cm³/mol. The maximum Gasteiger partial charge on any atom is 0.224 e. The van der Waals surface area contributed by atoms with E-state index in [4.69, 9.17) is 5.73 Å². The maximum atomic E-state index is 12.0. The topological polar surface area (TPSA) is 105 Å². The van der Waals surface area contributed by atoms with Crippen LogP contribution in [0.5, 0.6) is 0 Å². The average Bonchev–Trinajstić information content (AvgIpc) is 2.34. The van der Waals surface area contributed by atoms with Gasteiger partial charge in [0.15, 0.2) is 15.8 Å². The maximum absolute atomic E-state index is 12.0. The van der Waals surface area contributed by atoms with Gasteiger partial charge in [-0.15, -0.1) is 24.0 Å². The van der Waals surface area contributed by atoms with E-state index in [1.165, 1.54) is 0 Å². The zero-order valence-electron chi connectivity index (χ0n) is 13.8. The fourth-order valence-electron chi connectivity index (χ4n) is 2.04. The van der Waals surface area contributed by atoms with Crippen LogP contribution in [-0.4, -0.2) is 62.4 Å². The minimum atomic E-state index is -3.09. The highest BCUT2D eigenvalue weighted by Crippen LogP contribution is 2.23. The molecule has 1 aliphatic rings. The second kappa shape index (κ2) is 7.33. The first-order valence-electron chi connectivity index (χ1n) is 6.91. The van der Waals surface area contributed by atoms with Gasteiger partial charge in [-0.1, -0.05) is 0 Å². The van der Waals surface area contributed by atoms with Gasteiger partial charge < -0.3 is 16.0 Å². The molecule has 0 unspecified atom stereocenters. The number of primary amides is 1. The second-order valence-corrected chi connectivity index (χ2v) is 9.39. The van der Waals surface area contributed by atoms with Gasteiger partial charge in [0.2, 0.25) is 5.91 Å². The number of aliphatic imine (C=N–C) groups is 1. The summed E-state index contributed by atoms with van der Waals surface area (Å²) in [6.07, 6.45) is 0. The Bertz CT molecular complexity index is 543. The molecule has 0 aromatic heterocycles. The van der Waals surface area contributed by atoms with E-state index in [1.54, 1.807) is 34.7 Å². The Morgan fingerprint density at radius 3 is 2.36 bits per heavy atom. The molecule has 1 saturated heterocycles. The van der Waals surface area contributed by atoms with E-state index in [0.717, 1.165) is 0 Å². The molecule has 3 N–H and O–H groups in total. The number of carbonyl (C=O) groups excluding carboxylic acids is 1. The van der Waals surface area contributed by atoms with E-state index in [0.29, 0.717) is 25.6 Å². The summed E-state index contributed by atoms with van der Waals surface area (Å²) in [5, 5.41) is 3.11. The highest BCUT2D eigenvalue weighted by atomic mass is 127. The molecule has 0 aromatic rings. The monoisotopic (exact) mass is 446 g/mol. The number of hydrogen-bond acceptors (Lipinski definition) is 4. The van der Waals surface area contributed by atoms with Crippen molar-refractivity contribution in [3.05, 3.63) is 0 Å². The number of amides is 1. The highest BCUT2D eigenvalue weighted by molar-refractivity contribution is 14.0. The fraction of sp³-hybridized carbons (Fsp3) is 0.846. The Hall–Kier alpha value is -0.580. The minimum Gasteiger partial charge on any atom is -0.369 e. The number of guanidine groups is 1. The summed E-state index contributed by atoms with van der Waals surface area (Å²) in [4.78, 5) is 17.4. The van der Waals surface area contributed by atoms with Crippen molar-refractivity contribution in [3.8, 4) is 0 Å². The lowest BCUT2D eigenvalue weighted by molar-refractivity contribution is -0.125. The van der Waals surface area contributed by atoms with E-state index >= 15 is 0 Å². The quantitative estimate of drug-likeness (QED) is 0.366. The van der Waals surface area contributed by atoms with Crippen molar-refractivity contribution >= 4 is 45.7 Å². The third-order valence-corrected chi connectivity index (χ3v) is 6.44. The summed E-state index contributed by atoms with van der Waals surface area (Å²) in [7, 11) is -1.46. The first kappa shape index (κ1) is 21.4. The molecule has 0 atom stereocenters. The summed E-state index contributed by atoms with van der Waals surface area (Å²) >= 11 is 0. The third-order valence-electron chi connectivity index (χ3n) is 3.91. The third kappa shape index (κ3) is 4.71. The normalized spacial score (nSPS) is 21.0. The van der Waals surface area contributed by atoms with Gasteiger partial charge >= 0.3 is 0 Å². The van der Waals surface area contributed by atoms with Crippen molar-refractivity contribution in [2.45, 2.75) is 32.4 Å². The summed E-state index contributed by atoms with van der Waals surface area (Å²) in [5.41, 5.74) is 4.64. The molecule has 130 valence electrons. The molecule has 22 heavy (non-hydrogen) atoms. The molecule has 9 heteroatoms. The number of rotatable bonds is 3. The Labute approximate surface area is 150 Å². The molecule has 0 radical (unpaired) electrons. The van der Waals surface area contributed by atoms with Gasteiger partial charge in [-0.25, -0.2) is 8.42 Å². The summed E-state index contributed by atoms with van der Waals surface area (Å²) in [6, 6.07) is 0. The zero-order valence-corrected chi connectivity index (χ0v) is 17.0. The number of carbonyl (C=O) groups is 1. The number of sulfone groups is 1. The van der Waals surface area contributed by atoms with Crippen LogP contribution in [0.3, 0.4) is 0 Å². The van der Waals surface area contributed by atoms with Crippen LogP contribution < -0.4 is 11.1 Å². The lowest BCUT2D eigenvalue weighted by Crippen LogP contribution is -2.58. The summed E-state index contributed by atoms with van der Waals surface area (Å²) < 4.78 is 23.2. The summed E-state index contributed by atoms with van der Waals surface area (Å²) in [6.45, 7) is 8.04. The lowest BCUT2D eigenvalue weighted by atomic mass is 9.93. The van der Waals surface area contributed by atoms with Crippen LogP contribution >= 0.6 is 24.0 Å². The molecule has 7 nitrogen and oxygen atoms in total. The molecular formula is C13H27IN4O3S. The molecule has 0 aliphatic carbocycles. The molecule has 0 saturated carbocycles. The van der Waals surface area contributed by atoms with Crippen LogP contribution in [0.25, 0.3) is 0 Å². The molecule has 0 aromatic carbocycles. The van der Waals surface area contributed by atoms with Gasteiger partial charge in [0.05, 0.1) is 15.9 Å². The first-order chi connectivity index (χ1) is 9.43. The van der Waals surface area contributed by atoms with Crippen molar-refractivity contribution in [1.29, 1.82) is 0 Å². The number of halogens is 1. The van der Waals surface area contributed by atoms with Gasteiger partial charge in [0, 0.05) is 26.7 Å². The van der Waals surface area contributed by atoms with Crippen molar-refractivity contribution in [3.63, 3.8) is 0 Å². The van der Waals surface area contributed by atoms with Crippen LogP contribution in [0.4, 0.5) is 0 Å². The van der Waals surface area contributed by atoms with Gasteiger partial charge in [0.1, 0.15) is 0 Å². The smallest absolute Gasteiger partial charge is 0.224 e. The van der Waals surface area contributed by atoms with Gasteiger partial charge in [-0.2, -0.15) is 0 Å². The van der Waals surface area contributed by atoms with Gasteiger partial charge in [-0.3, -0.25) is 9.79 Å². The molecular weight excluding hydrogens is 419 g/mol. The van der Waals surface area contributed by atoms with Crippen molar-refractivity contribution in [2.24, 2.45) is 16.1 Å². The van der Waals surface area contributed by atoms with Crippen molar-refractivity contribution in [2.75, 3.05) is 32.4 Å². The van der Waals surface area contributed by atoms with Crippen LogP contribution in [0.1, 0.15) is 27.7 Å². The molecule has 0 spiro atoms. The van der Waals surface area contributed by atoms with Crippen LogP contribution in [-0.2, 0) is 14.6 Å². The van der Waals surface area contributed by atoms with E-state index in [2.05, 4.69) is 10.3 Å². The largest absolute Gasteiger partial charge is 0.369 e. The number of nitrogens with two attached hydrogens (primary N) is 1. The molecule has 0 bridgehead atoms. The average molecular weight is 446 g/mol. The molecule has 1 heterocycles. The van der Waals surface area contributed by atoms with E-state index in [-0.39, 0.29) is 29.7 Å². The Morgan fingerprint density at radius 1 is 1.41 bits per heavy atom. The second-order valence-electron chi connectivity index (χ2n) is 6.65. The van der Waals surface area contributed by atoms with Gasteiger partial charge in [0.25, 0.3) is 0 Å². The summed E-state index contributed by atoms with van der Waals surface area (Å²) in [5.74, 6) is 0.291. The van der Waals surface area contributed by atoms with E-state index in [9.17, 15) is 13.2 Å². The van der Waals surface area contributed by atoms with Crippen LogP contribution in [0.15, 0.2) is 4.99 Å². The van der Waals surface area contributed by atoms with Crippen LogP contribution in [0.2, 0.25) is 0 Å². The molecule has 1 fully saturated rings. The van der Waals surface area contributed by atoms with Crippen molar-refractivity contribution < 1.29 is 13.2 Å². The lowest BCUT2D eigenvalue weighted by Gasteiger charge is -2.39. The van der Waals surface area contributed by atoms with Crippen LogP contribution in [0, 0.1) is 5.41 Å². The highest BCUT2D eigenvalue weighted by Gasteiger charge is 2.41. The first-order valence-corrected chi connectivity index (χ1v) is 8.56. The number of nitrogens with one attached hydrogen (secondary N) is 1. The standard InChI is InChI=1S/C13H26N4O3S.HI/c1-12(2,10(14)18)8-16-11(15-5)17-6-7-21(19,20)13(3,4)9-17;/h6-9H2,1-5H3,(H2,14,18)(H,15,16);1H. The van der Waals surface area contributed by atoms with Gasteiger partial charge in [-0.05, 0) is 27.7 Å². The fourth-order valence-corrected chi connectivity index (χ4v) is 3.41. The minimum absolute atomic E-state index is 0. The Morgan fingerprint density at radius 2 is 1.95 bits per heavy atom. The van der Waals surface area contributed by atoms with Crippen molar-refractivity contribution in [1.82, 2.24) is 10.2 Å². The molecule has 1 aliphatic heterocycles. The SMILES string of the molecule is CN=C(NCC(C)(C)C(N)=O)N1CCS(=O)(=O)C(C)(C)C1.I. The number of hydrogen-bond donors (Lipinski definition) is 2. The van der Waals surface area contributed by atoms with E-state index < -0.39 is 25.9 Å². The Balaban J connectivity index is 0.00000441. The predicted octanol–water partition coefficient (Wildman–Crippen LogP) is 0.200. The van der Waals surface area contributed by atoms with E-state index in [1.807, 2.05) is 4.90 Å². The Kier molecular flexibility index (Phi) is 7.13. The zero-order chi connectivity index (χ0) is 16.5. The molecule has 1 amide bonds.